The molecule has 0 heterocycles. The highest BCUT2D eigenvalue weighted by molar-refractivity contribution is 7.80. The van der Waals surface area contributed by atoms with Crippen LogP contribution >= 0.6 is 12.6 Å². The zero-order chi connectivity index (χ0) is 20.6. The number of hydrogen-bond donors (Lipinski definition) is 6. The van der Waals surface area contributed by atoms with Crippen molar-refractivity contribution in [3.05, 3.63) is 29.8 Å². The summed E-state index contributed by atoms with van der Waals surface area (Å²) < 4.78 is 0. The Bertz CT molecular complexity index is 651. The van der Waals surface area contributed by atoms with Gasteiger partial charge >= 0.3 is 5.97 Å². The molecule has 0 aliphatic rings. The van der Waals surface area contributed by atoms with E-state index in [0.717, 1.165) is 5.56 Å². The minimum absolute atomic E-state index is 0.0657. The number of carboxylic acid groups (broad SMARTS) is 1. The van der Waals surface area contributed by atoms with E-state index < -0.39 is 35.9 Å². The van der Waals surface area contributed by atoms with Gasteiger partial charge in [-0.3, -0.25) is 9.59 Å². The molecule has 2 amide bonds. The first-order valence-electron chi connectivity index (χ1n) is 8.62. The van der Waals surface area contributed by atoms with Gasteiger partial charge in [-0.15, -0.1) is 0 Å². The van der Waals surface area contributed by atoms with E-state index in [9.17, 15) is 19.5 Å². The van der Waals surface area contributed by atoms with Crippen molar-refractivity contribution in [3.8, 4) is 5.75 Å². The SMILES string of the molecule is CC(C)C[C@H](NC(=O)[C@@H](N)Cc1ccc(O)cc1)C(=O)N[C@@H](CS)C(=O)O. The zero-order valence-corrected chi connectivity index (χ0v) is 16.3. The topological polar surface area (TPSA) is 142 Å². The summed E-state index contributed by atoms with van der Waals surface area (Å²) in [7, 11) is 0. The first kappa shape index (κ1) is 22.8. The Morgan fingerprint density at radius 1 is 1.07 bits per heavy atom. The van der Waals surface area contributed by atoms with Crippen LogP contribution in [0.3, 0.4) is 0 Å². The largest absolute Gasteiger partial charge is 0.508 e. The summed E-state index contributed by atoms with van der Waals surface area (Å²) in [6.07, 6.45) is 0.568. The molecule has 0 radical (unpaired) electrons. The Labute approximate surface area is 163 Å². The monoisotopic (exact) mass is 397 g/mol. The molecule has 0 aliphatic carbocycles. The number of amides is 2. The number of carboxylic acids is 1. The summed E-state index contributed by atoms with van der Waals surface area (Å²) in [5.74, 6) is -2.16. The second kappa shape index (κ2) is 10.8. The van der Waals surface area contributed by atoms with Crippen LogP contribution in [0.5, 0.6) is 5.75 Å². The normalized spacial score (nSPS) is 14.3. The smallest absolute Gasteiger partial charge is 0.327 e. The molecule has 0 spiro atoms. The van der Waals surface area contributed by atoms with Crippen molar-refractivity contribution < 1.29 is 24.6 Å². The average molecular weight is 397 g/mol. The van der Waals surface area contributed by atoms with Crippen molar-refractivity contribution in [1.29, 1.82) is 0 Å². The standard InChI is InChI=1S/C18H27N3O5S/c1-10(2)7-14(17(24)21-15(9-27)18(25)26)20-16(23)13(19)8-11-3-5-12(22)6-4-11/h3-6,10,13-15,22,27H,7-9,19H2,1-2H3,(H,20,23)(H,21,24)(H,25,26)/t13-,14-,15-/m0/s1. The molecule has 0 aromatic heterocycles. The predicted molar refractivity (Wildman–Crippen MR) is 105 cm³/mol. The third-order valence-corrected chi connectivity index (χ3v) is 4.23. The van der Waals surface area contributed by atoms with Gasteiger partial charge in [0, 0.05) is 5.75 Å². The van der Waals surface area contributed by atoms with E-state index in [1.54, 1.807) is 12.1 Å². The van der Waals surface area contributed by atoms with Crippen LogP contribution in [0.1, 0.15) is 25.8 Å². The zero-order valence-electron chi connectivity index (χ0n) is 15.4. The number of aliphatic carboxylic acids is 1. The highest BCUT2D eigenvalue weighted by Gasteiger charge is 2.28. The molecule has 0 saturated carbocycles. The number of benzene rings is 1. The molecule has 0 bridgehead atoms. The Balaban J connectivity index is 2.76. The van der Waals surface area contributed by atoms with Crippen LogP contribution in [-0.2, 0) is 20.8 Å². The highest BCUT2D eigenvalue weighted by atomic mass is 32.1. The maximum Gasteiger partial charge on any atom is 0.327 e. The number of carbonyl (C=O) groups excluding carboxylic acids is 2. The molecule has 150 valence electrons. The van der Waals surface area contributed by atoms with Crippen LogP contribution in [0, 0.1) is 5.92 Å². The number of phenols is 1. The van der Waals surface area contributed by atoms with Gasteiger partial charge in [0.15, 0.2) is 0 Å². The maximum absolute atomic E-state index is 12.4. The number of carbonyl (C=O) groups is 3. The van der Waals surface area contributed by atoms with Gasteiger partial charge in [0.05, 0.1) is 6.04 Å². The van der Waals surface area contributed by atoms with Crippen LogP contribution in [0.4, 0.5) is 0 Å². The molecule has 0 saturated heterocycles. The van der Waals surface area contributed by atoms with E-state index in [0.29, 0.717) is 6.42 Å². The third kappa shape index (κ3) is 7.88. The summed E-state index contributed by atoms with van der Waals surface area (Å²) in [5.41, 5.74) is 6.69. The number of aromatic hydroxyl groups is 1. The summed E-state index contributed by atoms with van der Waals surface area (Å²) in [6.45, 7) is 3.77. The summed E-state index contributed by atoms with van der Waals surface area (Å²) in [5, 5.41) is 23.3. The Morgan fingerprint density at radius 3 is 2.11 bits per heavy atom. The highest BCUT2D eigenvalue weighted by Crippen LogP contribution is 2.11. The van der Waals surface area contributed by atoms with Gasteiger partial charge < -0.3 is 26.6 Å². The molecule has 3 atom stereocenters. The van der Waals surface area contributed by atoms with Gasteiger partial charge in [0.25, 0.3) is 0 Å². The fourth-order valence-electron chi connectivity index (χ4n) is 2.42. The van der Waals surface area contributed by atoms with Gasteiger partial charge in [-0.1, -0.05) is 26.0 Å². The third-order valence-electron chi connectivity index (χ3n) is 3.87. The number of nitrogens with one attached hydrogen (secondary N) is 2. The Morgan fingerprint density at radius 2 is 1.63 bits per heavy atom. The van der Waals surface area contributed by atoms with E-state index in [1.807, 2.05) is 13.8 Å². The Hall–Kier alpha value is -2.26. The Kier molecular flexibility index (Phi) is 9.10. The van der Waals surface area contributed by atoms with Gasteiger partial charge in [-0.25, -0.2) is 4.79 Å². The predicted octanol–water partition coefficient (Wildman–Crippen LogP) is 0.292. The van der Waals surface area contributed by atoms with Crippen molar-refractivity contribution in [2.24, 2.45) is 11.7 Å². The number of phenolic OH excluding ortho intramolecular Hbond substituents is 1. The van der Waals surface area contributed by atoms with E-state index in [2.05, 4.69) is 23.3 Å². The van der Waals surface area contributed by atoms with Crippen LogP contribution in [0.15, 0.2) is 24.3 Å². The minimum atomic E-state index is -1.20. The van der Waals surface area contributed by atoms with Crippen LogP contribution in [-0.4, -0.2) is 51.9 Å². The van der Waals surface area contributed by atoms with Crippen LogP contribution in [0.2, 0.25) is 0 Å². The molecule has 1 aromatic rings. The fourth-order valence-corrected chi connectivity index (χ4v) is 2.67. The van der Waals surface area contributed by atoms with E-state index in [-0.39, 0.29) is 23.8 Å². The van der Waals surface area contributed by atoms with Crippen molar-refractivity contribution >= 4 is 30.4 Å². The van der Waals surface area contributed by atoms with E-state index in [1.165, 1.54) is 12.1 Å². The van der Waals surface area contributed by atoms with Crippen molar-refractivity contribution in [2.75, 3.05) is 5.75 Å². The maximum atomic E-state index is 12.4. The van der Waals surface area contributed by atoms with Gasteiger partial charge in [-0.2, -0.15) is 12.6 Å². The van der Waals surface area contributed by atoms with Crippen molar-refractivity contribution in [1.82, 2.24) is 10.6 Å². The summed E-state index contributed by atoms with van der Waals surface area (Å²) >= 11 is 3.91. The summed E-state index contributed by atoms with van der Waals surface area (Å²) in [4.78, 5) is 35.9. The lowest BCUT2D eigenvalue weighted by Crippen LogP contribution is -2.55. The first-order valence-corrected chi connectivity index (χ1v) is 9.25. The molecule has 0 unspecified atom stereocenters. The number of thiol groups is 1. The molecule has 1 aromatic carbocycles. The van der Waals surface area contributed by atoms with E-state index in [4.69, 9.17) is 10.8 Å². The second-order valence-corrected chi connectivity index (χ2v) is 7.11. The van der Waals surface area contributed by atoms with Crippen molar-refractivity contribution in [2.45, 2.75) is 44.8 Å². The molecular formula is C18H27N3O5S. The molecule has 0 fully saturated rings. The van der Waals surface area contributed by atoms with Crippen LogP contribution in [0.25, 0.3) is 0 Å². The molecule has 8 nitrogen and oxygen atoms in total. The lowest BCUT2D eigenvalue weighted by Gasteiger charge is -2.23. The molecule has 9 heteroatoms. The minimum Gasteiger partial charge on any atom is -0.508 e. The molecule has 6 N–H and O–H groups in total. The number of hydrogen-bond acceptors (Lipinski definition) is 6. The average Bonchev–Trinajstić information content (AvgIpc) is 2.59. The quantitative estimate of drug-likeness (QED) is 0.314. The van der Waals surface area contributed by atoms with E-state index >= 15 is 0 Å². The molecule has 27 heavy (non-hydrogen) atoms. The lowest BCUT2D eigenvalue weighted by molar-refractivity contribution is -0.141. The van der Waals surface area contributed by atoms with Crippen LogP contribution < -0.4 is 16.4 Å². The molecular weight excluding hydrogens is 370 g/mol. The fraction of sp³-hybridized carbons (Fsp3) is 0.500. The van der Waals surface area contributed by atoms with Gasteiger partial charge in [0.1, 0.15) is 17.8 Å². The first-order chi connectivity index (χ1) is 12.6. The van der Waals surface area contributed by atoms with Gasteiger partial charge in [0.2, 0.25) is 11.8 Å². The molecule has 1 rings (SSSR count). The molecule has 0 aliphatic heterocycles. The lowest BCUT2D eigenvalue weighted by atomic mass is 10.0. The number of nitrogens with two attached hydrogens (primary N) is 1. The van der Waals surface area contributed by atoms with Crippen molar-refractivity contribution in [3.63, 3.8) is 0 Å². The van der Waals surface area contributed by atoms with Gasteiger partial charge in [-0.05, 0) is 36.5 Å². The number of rotatable bonds is 10. The summed E-state index contributed by atoms with van der Waals surface area (Å²) in [6, 6.07) is 3.38. The second-order valence-electron chi connectivity index (χ2n) is 6.75.